The van der Waals surface area contributed by atoms with Crippen LogP contribution in [0.3, 0.4) is 0 Å². The van der Waals surface area contributed by atoms with Gasteiger partial charge in [0.25, 0.3) is 0 Å². The molecule has 0 spiro atoms. The second kappa shape index (κ2) is 4.65. The summed E-state index contributed by atoms with van der Waals surface area (Å²) in [6.45, 7) is 5.47. The number of carbonyl (C=O) groups is 1. The van der Waals surface area contributed by atoms with E-state index in [0.29, 0.717) is 17.4 Å². The topological polar surface area (TPSA) is 74.5 Å². The quantitative estimate of drug-likeness (QED) is 0.761. The molecule has 2 rings (SSSR count). The third-order valence-electron chi connectivity index (χ3n) is 3.13. The van der Waals surface area contributed by atoms with E-state index in [4.69, 9.17) is 4.42 Å². The Morgan fingerprint density at radius 3 is 2.72 bits per heavy atom. The Morgan fingerprint density at radius 2 is 2.22 bits per heavy atom. The molecule has 0 radical (unpaired) electrons. The summed E-state index contributed by atoms with van der Waals surface area (Å²) in [4.78, 5) is 11.5. The van der Waals surface area contributed by atoms with Crippen LogP contribution in [-0.4, -0.2) is 23.7 Å². The fraction of sp³-hybridized carbons (Fsp3) is 0.615. The third kappa shape index (κ3) is 3.04. The average Bonchev–Trinajstić information content (AvgIpc) is 3.00. The Hall–Kier alpha value is -1.49. The highest BCUT2D eigenvalue weighted by Gasteiger charge is 2.29. The second-order valence-corrected chi connectivity index (χ2v) is 5.20. The summed E-state index contributed by atoms with van der Waals surface area (Å²) < 4.78 is 5.39. The Balaban J connectivity index is 1.93. The van der Waals surface area contributed by atoms with E-state index in [-0.39, 0.29) is 12.6 Å². The molecule has 1 aromatic rings. The molecule has 0 saturated heterocycles. The Morgan fingerprint density at radius 1 is 1.56 bits per heavy atom. The first-order chi connectivity index (χ1) is 8.38. The minimum absolute atomic E-state index is 0.158. The van der Waals surface area contributed by atoms with Crippen LogP contribution in [0.15, 0.2) is 10.5 Å². The van der Waals surface area contributed by atoms with Crippen molar-refractivity contribution in [1.82, 2.24) is 10.6 Å². The maximum Gasteiger partial charge on any atom is 0.315 e. The molecule has 1 aliphatic rings. The lowest BCUT2D eigenvalue weighted by Crippen LogP contribution is -2.44. The zero-order valence-corrected chi connectivity index (χ0v) is 11.0. The number of urea groups is 1. The van der Waals surface area contributed by atoms with Crippen LogP contribution in [-0.2, 0) is 5.60 Å². The number of rotatable bonds is 4. The number of furan rings is 1. The van der Waals surface area contributed by atoms with Crippen molar-refractivity contribution in [2.75, 3.05) is 6.54 Å². The number of hydrogen-bond acceptors (Lipinski definition) is 3. The summed E-state index contributed by atoms with van der Waals surface area (Å²) in [7, 11) is 0. The lowest BCUT2D eigenvalue weighted by Gasteiger charge is -2.23. The molecule has 3 N–H and O–H groups in total. The number of carbonyl (C=O) groups excluding carboxylic acids is 1. The van der Waals surface area contributed by atoms with Gasteiger partial charge < -0.3 is 20.2 Å². The SMILES string of the molecule is Cc1cc(C(C)(O)CNC(=O)NC2CC2)c(C)o1. The minimum Gasteiger partial charge on any atom is -0.466 e. The second-order valence-electron chi connectivity index (χ2n) is 5.20. The molecule has 1 atom stereocenters. The van der Waals surface area contributed by atoms with E-state index in [9.17, 15) is 9.90 Å². The van der Waals surface area contributed by atoms with Crippen molar-refractivity contribution in [3.63, 3.8) is 0 Å². The normalized spacial score (nSPS) is 18.2. The maximum absolute atomic E-state index is 11.5. The average molecular weight is 252 g/mol. The van der Waals surface area contributed by atoms with Crippen molar-refractivity contribution < 1.29 is 14.3 Å². The van der Waals surface area contributed by atoms with Gasteiger partial charge in [-0.25, -0.2) is 4.79 Å². The monoisotopic (exact) mass is 252 g/mol. The van der Waals surface area contributed by atoms with Gasteiger partial charge in [0.2, 0.25) is 0 Å². The van der Waals surface area contributed by atoms with Gasteiger partial charge in [0.05, 0.1) is 6.54 Å². The van der Waals surface area contributed by atoms with E-state index in [0.717, 1.165) is 18.6 Å². The smallest absolute Gasteiger partial charge is 0.315 e. The van der Waals surface area contributed by atoms with Crippen molar-refractivity contribution in [1.29, 1.82) is 0 Å². The van der Waals surface area contributed by atoms with Gasteiger partial charge in [0.15, 0.2) is 0 Å². The fourth-order valence-corrected chi connectivity index (χ4v) is 1.98. The molecule has 0 aliphatic heterocycles. The standard InChI is InChI=1S/C13H20N2O3/c1-8-6-11(9(2)18-8)13(3,17)7-14-12(16)15-10-4-5-10/h6,10,17H,4-5,7H2,1-3H3,(H2,14,15,16). The third-order valence-corrected chi connectivity index (χ3v) is 3.13. The van der Waals surface area contributed by atoms with Crippen LogP contribution >= 0.6 is 0 Å². The molecule has 1 saturated carbocycles. The molecule has 0 bridgehead atoms. The first-order valence-corrected chi connectivity index (χ1v) is 6.23. The summed E-state index contributed by atoms with van der Waals surface area (Å²) in [6.07, 6.45) is 2.09. The summed E-state index contributed by atoms with van der Waals surface area (Å²) in [5.74, 6) is 1.44. The lowest BCUT2D eigenvalue weighted by molar-refractivity contribution is 0.0579. The zero-order chi connectivity index (χ0) is 13.3. The first-order valence-electron chi connectivity index (χ1n) is 6.23. The lowest BCUT2D eigenvalue weighted by atomic mass is 9.96. The van der Waals surface area contributed by atoms with Gasteiger partial charge in [0, 0.05) is 11.6 Å². The van der Waals surface area contributed by atoms with Gasteiger partial charge >= 0.3 is 6.03 Å². The van der Waals surface area contributed by atoms with E-state index in [2.05, 4.69) is 10.6 Å². The molecular weight excluding hydrogens is 232 g/mol. The molecule has 1 heterocycles. The molecule has 0 aromatic carbocycles. The summed E-state index contributed by atoms with van der Waals surface area (Å²) in [5, 5.41) is 15.9. The molecule has 5 nitrogen and oxygen atoms in total. The number of nitrogens with one attached hydrogen (secondary N) is 2. The summed E-state index contributed by atoms with van der Waals surface area (Å²) in [6, 6.07) is 1.89. The Kier molecular flexibility index (Phi) is 3.34. The number of aliphatic hydroxyl groups is 1. The van der Waals surface area contributed by atoms with Gasteiger partial charge in [0.1, 0.15) is 17.1 Å². The zero-order valence-electron chi connectivity index (χ0n) is 11.0. The van der Waals surface area contributed by atoms with Gasteiger partial charge in [-0.1, -0.05) is 0 Å². The fourth-order valence-electron chi connectivity index (χ4n) is 1.98. The molecule has 1 unspecified atom stereocenters. The van der Waals surface area contributed by atoms with Gasteiger partial charge in [-0.2, -0.15) is 0 Å². The van der Waals surface area contributed by atoms with Gasteiger partial charge in [-0.3, -0.25) is 0 Å². The predicted molar refractivity (Wildman–Crippen MR) is 67.3 cm³/mol. The molecule has 100 valence electrons. The molecule has 2 amide bonds. The van der Waals surface area contributed by atoms with Gasteiger partial charge in [-0.05, 0) is 39.7 Å². The van der Waals surface area contributed by atoms with Crippen molar-refractivity contribution in [2.45, 2.75) is 45.3 Å². The Bertz CT molecular complexity index is 447. The highest BCUT2D eigenvalue weighted by Crippen LogP contribution is 2.26. The van der Waals surface area contributed by atoms with E-state index >= 15 is 0 Å². The van der Waals surface area contributed by atoms with E-state index in [1.807, 2.05) is 6.92 Å². The molecule has 1 aromatic heterocycles. The van der Waals surface area contributed by atoms with Crippen LogP contribution in [0.5, 0.6) is 0 Å². The van der Waals surface area contributed by atoms with Crippen LogP contribution in [0.25, 0.3) is 0 Å². The molecule has 18 heavy (non-hydrogen) atoms. The van der Waals surface area contributed by atoms with E-state index in [1.165, 1.54) is 0 Å². The predicted octanol–water partition coefficient (Wildman–Crippen LogP) is 1.57. The molecule has 1 aliphatic carbocycles. The molecule has 5 heteroatoms. The largest absolute Gasteiger partial charge is 0.466 e. The highest BCUT2D eigenvalue weighted by atomic mass is 16.3. The van der Waals surface area contributed by atoms with Crippen molar-refractivity contribution in [2.24, 2.45) is 0 Å². The highest BCUT2D eigenvalue weighted by molar-refractivity contribution is 5.74. The van der Waals surface area contributed by atoms with Crippen molar-refractivity contribution in [3.8, 4) is 0 Å². The van der Waals surface area contributed by atoms with Crippen molar-refractivity contribution >= 4 is 6.03 Å². The number of hydrogen-bond donors (Lipinski definition) is 3. The van der Waals surface area contributed by atoms with Crippen LogP contribution in [0, 0.1) is 13.8 Å². The maximum atomic E-state index is 11.5. The Labute approximate surface area is 107 Å². The van der Waals surface area contributed by atoms with Crippen LogP contribution < -0.4 is 10.6 Å². The summed E-state index contributed by atoms with van der Waals surface area (Å²) in [5.41, 5.74) is -0.408. The number of aryl methyl sites for hydroxylation is 2. The van der Waals surface area contributed by atoms with E-state index < -0.39 is 5.60 Å². The van der Waals surface area contributed by atoms with Crippen LogP contribution in [0.4, 0.5) is 4.79 Å². The van der Waals surface area contributed by atoms with Crippen molar-refractivity contribution in [3.05, 3.63) is 23.2 Å². The van der Waals surface area contributed by atoms with Crippen LogP contribution in [0.2, 0.25) is 0 Å². The van der Waals surface area contributed by atoms with Crippen LogP contribution in [0.1, 0.15) is 36.8 Å². The van der Waals surface area contributed by atoms with Gasteiger partial charge in [-0.15, -0.1) is 0 Å². The molecule has 1 fully saturated rings. The van der Waals surface area contributed by atoms with E-state index in [1.54, 1.807) is 19.9 Å². The molecular formula is C13H20N2O3. The first kappa shape index (κ1) is 13.0. The summed E-state index contributed by atoms with van der Waals surface area (Å²) >= 11 is 0. The number of amides is 2. The minimum atomic E-state index is -1.12.